The summed E-state index contributed by atoms with van der Waals surface area (Å²) in [5, 5.41) is 14.7. The van der Waals surface area contributed by atoms with Crippen LogP contribution in [0.4, 0.5) is 0 Å². The monoisotopic (exact) mass is 352 g/mol. The summed E-state index contributed by atoms with van der Waals surface area (Å²) in [5.74, 6) is 1.12. The summed E-state index contributed by atoms with van der Waals surface area (Å²) < 4.78 is 11.9. The number of carbonyl (C=O) groups is 1. The van der Waals surface area contributed by atoms with E-state index >= 15 is 0 Å². The van der Waals surface area contributed by atoms with E-state index in [1.54, 1.807) is 31.1 Å². The minimum atomic E-state index is -0.0296. The van der Waals surface area contributed by atoms with Crippen molar-refractivity contribution in [1.82, 2.24) is 30.5 Å². The molecule has 9 nitrogen and oxygen atoms in total. The van der Waals surface area contributed by atoms with Gasteiger partial charge in [0.15, 0.2) is 0 Å². The molecule has 0 aliphatic heterocycles. The first-order valence-corrected chi connectivity index (χ1v) is 8.36. The van der Waals surface area contributed by atoms with E-state index in [0.29, 0.717) is 43.0 Å². The average molecular weight is 352 g/mol. The van der Waals surface area contributed by atoms with Crippen LogP contribution < -0.4 is 10.1 Å². The van der Waals surface area contributed by atoms with Crippen LogP contribution in [0.2, 0.25) is 0 Å². The fourth-order valence-electron chi connectivity index (χ4n) is 1.70. The molecule has 130 valence electrons. The minimum Gasteiger partial charge on any atom is -0.475 e. The van der Waals surface area contributed by atoms with Crippen molar-refractivity contribution in [1.29, 1.82) is 0 Å². The van der Waals surface area contributed by atoms with Gasteiger partial charge in [-0.05, 0) is 16.0 Å². The molecule has 0 aromatic carbocycles. The highest BCUT2D eigenvalue weighted by Gasteiger charge is 2.06. The van der Waals surface area contributed by atoms with Gasteiger partial charge in [-0.25, -0.2) is 9.67 Å². The molecule has 10 heteroatoms. The third kappa shape index (κ3) is 6.13. The lowest BCUT2D eigenvalue weighted by Gasteiger charge is -2.07. The molecule has 0 saturated heterocycles. The van der Waals surface area contributed by atoms with Crippen LogP contribution >= 0.6 is 11.8 Å². The molecule has 0 radical (unpaired) electrons. The smallest absolute Gasteiger partial charge is 0.221 e. The first-order chi connectivity index (χ1) is 11.7. The van der Waals surface area contributed by atoms with Crippen LogP contribution in [0.25, 0.3) is 0 Å². The van der Waals surface area contributed by atoms with Crippen molar-refractivity contribution in [3.05, 3.63) is 23.9 Å². The number of amides is 1. The zero-order chi connectivity index (χ0) is 17.2. The molecule has 2 aromatic rings. The van der Waals surface area contributed by atoms with Crippen molar-refractivity contribution < 1.29 is 14.3 Å². The van der Waals surface area contributed by atoms with Gasteiger partial charge in [0.2, 0.25) is 16.9 Å². The fraction of sp³-hybridized carbons (Fsp3) is 0.500. The minimum absolute atomic E-state index is 0.0296. The molecule has 0 spiro atoms. The Morgan fingerprint density at radius 2 is 2.25 bits per heavy atom. The number of hydrogen-bond donors (Lipinski definition) is 1. The molecule has 0 saturated carbocycles. The van der Waals surface area contributed by atoms with Crippen LogP contribution in [0, 0.1) is 0 Å². The van der Waals surface area contributed by atoms with Gasteiger partial charge in [-0.2, -0.15) is 0 Å². The molecule has 1 amide bonds. The van der Waals surface area contributed by atoms with E-state index in [1.165, 1.54) is 11.8 Å². The quantitative estimate of drug-likeness (QED) is 0.485. The van der Waals surface area contributed by atoms with Crippen LogP contribution in [0.1, 0.15) is 12.0 Å². The Labute approximate surface area is 144 Å². The Hall–Kier alpha value is -2.20. The van der Waals surface area contributed by atoms with Crippen LogP contribution in [0.3, 0.4) is 0 Å². The zero-order valence-electron chi connectivity index (χ0n) is 13.6. The maximum atomic E-state index is 11.8. The third-order valence-corrected chi connectivity index (χ3v) is 3.98. The second-order valence-corrected chi connectivity index (χ2v) is 5.87. The molecule has 2 heterocycles. The number of aromatic nitrogens is 5. The molecule has 2 rings (SSSR count). The lowest BCUT2D eigenvalue weighted by Crippen LogP contribution is -2.23. The number of hydrogen-bond acceptors (Lipinski definition) is 8. The lowest BCUT2D eigenvalue weighted by molar-refractivity contribution is -0.120. The maximum Gasteiger partial charge on any atom is 0.221 e. The van der Waals surface area contributed by atoms with Crippen LogP contribution in [0.5, 0.6) is 5.88 Å². The molecule has 24 heavy (non-hydrogen) atoms. The van der Waals surface area contributed by atoms with E-state index in [1.807, 2.05) is 6.07 Å². The molecule has 0 aliphatic carbocycles. The molecule has 2 aromatic heterocycles. The Morgan fingerprint density at radius 3 is 2.92 bits per heavy atom. The summed E-state index contributed by atoms with van der Waals surface area (Å²) in [5.41, 5.74) is 0.910. The topological polar surface area (TPSA) is 104 Å². The first kappa shape index (κ1) is 18.1. The van der Waals surface area contributed by atoms with E-state index < -0.39 is 0 Å². The normalized spacial score (nSPS) is 10.6. The molecule has 0 unspecified atom stereocenters. The van der Waals surface area contributed by atoms with E-state index in [0.717, 1.165) is 5.56 Å². The number of nitrogens with one attached hydrogen (secondary N) is 1. The molecular weight excluding hydrogens is 332 g/mol. The third-order valence-electron chi connectivity index (χ3n) is 2.97. The highest BCUT2D eigenvalue weighted by atomic mass is 32.2. The van der Waals surface area contributed by atoms with Gasteiger partial charge < -0.3 is 14.8 Å². The summed E-state index contributed by atoms with van der Waals surface area (Å²) >= 11 is 1.44. The summed E-state index contributed by atoms with van der Waals surface area (Å²) in [6, 6.07) is 3.64. The van der Waals surface area contributed by atoms with Crippen LogP contribution in [-0.2, 0) is 23.1 Å². The number of ether oxygens (including phenoxy) is 2. The summed E-state index contributed by atoms with van der Waals surface area (Å²) in [6.07, 6.45) is 2.07. The summed E-state index contributed by atoms with van der Waals surface area (Å²) in [4.78, 5) is 16.0. The van der Waals surface area contributed by atoms with Gasteiger partial charge >= 0.3 is 0 Å². The molecule has 0 atom stereocenters. The molecule has 0 fully saturated rings. The molecule has 0 aliphatic rings. The van der Waals surface area contributed by atoms with E-state index in [2.05, 4.69) is 25.8 Å². The van der Waals surface area contributed by atoms with Gasteiger partial charge in [0.25, 0.3) is 0 Å². The number of tetrazole rings is 1. The second kappa shape index (κ2) is 9.83. The number of rotatable bonds is 10. The van der Waals surface area contributed by atoms with Gasteiger partial charge in [-0.15, -0.1) is 5.10 Å². The van der Waals surface area contributed by atoms with Gasteiger partial charge in [0.1, 0.15) is 6.61 Å². The lowest BCUT2D eigenvalue weighted by atomic mass is 10.3. The Bertz CT molecular complexity index is 634. The Morgan fingerprint density at radius 1 is 1.38 bits per heavy atom. The maximum absolute atomic E-state index is 11.8. The van der Waals surface area contributed by atoms with Crippen LogP contribution in [0.15, 0.2) is 23.5 Å². The standard InChI is InChI=1S/C14H20N6O3S/c1-20-14(17-18-19-20)24-8-5-12(21)15-9-11-3-4-13(16-10-11)23-7-6-22-2/h3-4,10H,5-9H2,1-2H3,(H,15,21). The number of thioether (sulfide) groups is 1. The van der Waals surface area contributed by atoms with Crippen molar-refractivity contribution in [2.24, 2.45) is 7.05 Å². The van der Waals surface area contributed by atoms with Gasteiger partial charge in [-0.1, -0.05) is 17.8 Å². The average Bonchev–Trinajstić information content (AvgIpc) is 2.99. The Balaban J connectivity index is 1.65. The highest BCUT2D eigenvalue weighted by Crippen LogP contribution is 2.13. The predicted octanol–water partition coefficient (Wildman–Crippen LogP) is 0.429. The van der Waals surface area contributed by atoms with E-state index in [9.17, 15) is 4.79 Å². The van der Waals surface area contributed by atoms with Gasteiger partial charge in [0.05, 0.1) is 6.61 Å². The van der Waals surface area contributed by atoms with E-state index in [4.69, 9.17) is 9.47 Å². The van der Waals surface area contributed by atoms with Crippen LogP contribution in [-0.4, -0.2) is 57.2 Å². The largest absolute Gasteiger partial charge is 0.475 e. The van der Waals surface area contributed by atoms with Crippen molar-refractivity contribution in [3.63, 3.8) is 0 Å². The van der Waals surface area contributed by atoms with Gasteiger partial charge in [0, 0.05) is 45.1 Å². The first-order valence-electron chi connectivity index (χ1n) is 7.37. The Kier molecular flexibility index (Phi) is 7.43. The highest BCUT2D eigenvalue weighted by molar-refractivity contribution is 7.99. The van der Waals surface area contributed by atoms with Gasteiger partial charge in [-0.3, -0.25) is 4.79 Å². The second-order valence-electron chi connectivity index (χ2n) is 4.81. The van der Waals surface area contributed by atoms with Crippen molar-refractivity contribution in [2.75, 3.05) is 26.1 Å². The summed E-state index contributed by atoms with van der Waals surface area (Å²) in [7, 11) is 3.38. The number of aryl methyl sites for hydroxylation is 1. The van der Waals surface area contributed by atoms with Crippen molar-refractivity contribution >= 4 is 17.7 Å². The fourth-order valence-corrected chi connectivity index (χ4v) is 2.49. The number of nitrogens with zero attached hydrogens (tertiary/aromatic N) is 5. The predicted molar refractivity (Wildman–Crippen MR) is 87.6 cm³/mol. The number of methoxy groups -OCH3 is 1. The number of pyridine rings is 1. The molecular formula is C14H20N6O3S. The molecule has 0 bridgehead atoms. The van der Waals surface area contributed by atoms with Crippen molar-refractivity contribution in [2.45, 2.75) is 18.1 Å². The van der Waals surface area contributed by atoms with E-state index in [-0.39, 0.29) is 5.91 Å². The zero-order valence-corrected chi connectivity index (χ0v) is 14.5. The number of carbonyl (C=O) groups excluding carboxylic acids is 1. The molecule has 1 N–H and O–H groups in total. The summed E-state index contributed by atoms with van der Waals surface area (Å²) in [6.45, 7) is 1.40. The SMILES string of the molecule is COCCOc1ccc(CNC(=O)CCSc2nnnn2C)cn1. The van der Waals surface area contributed by atoms with Crippen molar-refractivity contribution in [3.8, 4) is 5.88 Å².